The van der Waals surface area contributed by atoms with E-state index in [0.29, 0.717) is 11.6 Å². The summed E-state index contributed by atoms with van der Waals surface area (Å²) < 4.78 is 5.24. The summed E-state index contributed by atoms with van der Waals surface area (Å²) in [6, 6.07) is 2.31. The zero-order valence-corrected chi connectivity index (χ0v) is 10.3. The Kier molecular flexibility index (Phi) is 4.20. The number of carbonyl (C=O) groups is 1. The van der Waals surface area contributed by atoms with E-state index in [1.54, 1.807) is 12.3 Å². The molecule has 0 saturated carbocycles. The SMILES string of the molecule is CCc1occc1C(=O)NCC[C@@H]1CCCN1. The maximum Gasteiger partial charge on any atom is 0.254 e. The van der Waals surface area contributed by atoms with E-state index in [0.717, 1.165) is 31.7 Å². The molecule has 1 aliphatic rings. The molecule has 0 spiro atoms. The Morgan fingerprint density at radius 3 is 3.24 bits per heavy atom. The van der Waals surface area contributed by atoms with Crippen molar-refractivity contribution in [2.24, 2.45) is 0 Å². The Hall–Kier alpha value is -1.29. The molecule has 0 aromatic carbocycles. The minimum atomic E-state index is -0.0198. The normalized spacial score (nSPS) is 19.5. The van der Waals surface area contributed by atoms with Crippen LogP contribution in [-0.2, 0) is 6.42 Å². The van der Waals surface area contributed by atoms with Crippen molar-refractivity contribution < 1.29 is 9.21 Å². The molecule has 1 atom stereocenters. The van der Waals surface area contributed by atoms with Crippen molar-refractivity contribution in [3.63, 3.8) is 0 Å². The van der Waals surface area contributed by atoms with Crippen molar-refractivity contribution in [3.05, 3.63) is 23.7 Å². The average Bonchev–Trinajstić information content (AvgIpc) is 2.99. The predicted octanol–water partition coefficient (Wildman–Crippen LogP) is 1.71. The summed E-state index contributed by atoms with van der Waals surface area (Å²) in [4.78, 5) is 11.9. The number of furan rings is 1. The van der Waals surface area contributed by atoms with E-state index in [-0.39, 0.29) is 5.91 Å². The lowest BCUT2D eigenvalue weighted by molar-refractivity contribution is 0.0950. The Bertz CT molecular complexity index is 367. The molecule has 2 N–H and O–H groups in total. The smallest absolute Gasteiger partial charge is 0.254 e. The fraction of sp³-hybridized carbons (Fsp3) is 0.615. The fourth-order valence-corrected chi connectivity index (χ4v) is 2.27. The standard InChI is InChI=1S/C13H20N2O2/c1-2-12-11(6-9-17-12)13(16)15-8-5-10-4-3-7-14-10/h6,9-10,14H,2-5,7-8H2,1H3,(H,15,16)/t10-/m0/s1. The maximum atomic E-state index is 11.9. The lowest BCUT2D eigenvalue weighted by Gasteiger charge is -2.10. The van der Waals surface area contributed by atoms with Crippen LogP contribution < -0.4 is 10.6 Å². The molecule has 94 valence electrons. The van der Waals surface area contributed by atoms with Gasteiger partial charge in [-0.25, -0.2) is 0 Å². The molecule has 1 fully saturated rings. The highest BCUT2D eigenvalue weighted by atomic mass is 16.3. The average molecular weight is 236 g/mol. The first-order valence-electron chi connectivity index (χ1n) is 6.39. The van der Waals surface area contributed by atoms with Crippen LogP contribution in [0, 0.1) is 0 Å². The van der Waals surface area contributed by atoms with Crippen LogP contribution in [0.4, 0.5) is 0 Å². The van der Waals surface area contributed by atoms with Crippen molar-refractivity contribution in [1.29, 1.82) is 0 Å². The molecular weight excluding hydrogens is 216 g/mol. The van der Waals surface area contributed by atoms with Crippen molar-refractivity contribution in [2.75, 3.05) is 13.1 Å². The van der Waals surface area contributed by atoms with Gasteiger partial charge < -0.3 is 15.1 Å². The maximum absolute atomic E-state index is 11.9. The van der Waals surface area contributed by atoms with Crippen LogP contribution in [0.1, 0.15) is 42.3 Å². The summed E-state index contributed by atoms with van der Waals surface area (Å²) in [6.45, 7) is 3.82. The van der Waals surface area contributed by atoms with Gasteiger partial charge in [0.05, 0.1) is 11.8 Å². The molecule has 4 nitrogen and oxygen atoms in total. The molecule has 1 aliphatic heterocycles. The van der Waals surface area contributed by atoms with Gasteiger partial charge in [0, 0.05) is 19.0 Å². The van der Waals surface area contributed by atoms with Crippen LogP contribution >= 0.6 is 0 Å². The third-order valence-electron chi connectivity index (χ3n) is 3.25. The molecule has 1 aromatic heterocycles. The highest BCUT2D eigenvalue weighted by molar-refractivity contribution is 5.95. The number of hydrogen-bond donors (Lipinski definition) is 2. The van der Waals surface area contributed by atoms with Crippen LogP contribution in [0.15, 0.2) is 16.7 Å². The summed E-state index contributed by atoms with van der Waals surface area (Å²) in [5.41, 5.74) is 0.673. The van der Waals surface area contributed by atoms with E-state index >= 15 is 0 Å². The second kappa shape index (κ2) is 5.87. The fourth-order valence-electron chi connectivity index (χ4n) is 2.27. The Labute approximate surface area is 102 Å². The largest absolute Gasteiger partial charge is 0.469 e. The zero-order chi connectivity index (χ0) is 12.1. The number of aryl methyl sites for hydroxylation is 1. The molecule has 0 aliphatic carbocycles. The highest BCUT2D eigenvalue weighted by Gasteiger charge is 2.15. The summed E-state index contributed by atoms with van der Waals surface area (Å²) in [5.74, 6) is 0.745. The summed E-state index contributed by atoms with van der Waals surface area (Å²) >= 11 is 0. The van der Waals surface area contributed by atoms with E-state index in [2.05, 4.69) is 10.6 Å². The first-order valence-corrected chi connectivity index (χ1v) is 6.39. The van der Waals surface area contributed by atoms with Crippen LogP contribution in [-0.4, -0.2) is 25.0 Å². The van der Waals surface area contributed by atoms with Crippen LogP contribution in [0.25, 0.3) is 0 Å². The minimum absolute atomic E-state index is 0.0198. The Morgan fingerprint density at radius 1 is 1.65 bits per heavy atom. The molecule has 1 saturated heterocycles. The van der Waals surface area contributed by atoms with Gasteiger partial charge in [0.25, 0.3) is 5.91 Å². The van der Waals surface area contributed by atoms with Gasteiger partial charge >= 0.3 is 0 Å². The number of amides is 1. The number of rotatable bonds is 5. The summed E-state index contributed by atoms with van der Waals surface area (Å²) in [7, 11) is 0. The van der Waals surface area contributed by atoms with Gasteiger partial charge in [-0.2, -0.15) is 0 Å². The number of hydrogen-bond acceptors (Lipinski definition) is 3. The first-order chi connectivity index (χ1) is 8.31. The molecule has 0 bridgehead atoms. The summed E-state index contributed by atoms with van der Waals surface area (Å²) in [6.07, 6.45) is 5.80. The second-order valence-electron chi connectivity index (χ2n) is 4.45. The quantitative estimate of drug-likeness (QED) is 0.818. The lowest BCUT2D eigenvalue weighted by Crippen LogP contribution is -2.30. The molecule has 0 unspecified atom stereocenters. The predicted molar refractivity (Wildman–Crippen MR) is 66.1 cm³/mol. The van der Waals surface area contributed by atoms with Crippen molar-refractivity contribution in [3.8, 4) is 0 Å². The zero-order valence-electron chi connectivity index (χ0n) is 10.3. The third kappa shape index (κ3) is 3.09. The molecule has 2 heterocycles. The highest BCUT2D eigenvalue weighted by Crippen LogP contribution is 2.11. The minimum Gasteiger partial charge on any atom is -0.469 e. The van der Waals surface area contributed by atoms with Gasteiger partial charge in [-0.1, -0.05) is 6.92 Å². The number of nitrogens with one attached hydrogen (secondary N) is 2. The molecule has 4 heteroatoms. The van der Waals surface area contributed by atoms with Crippen LogP contribution in [0.5, 0.6) is 0 Å². The van der Waals surface area contributed by atoms with E-state index in [1.807, 2.05) is 6.92 Å². The van der Waals surface area contributed by atoms with E-state index in [4.69, 9.17) is 4.42 Å². The van der Waals surface area contributed by atoms with E-state index in [9.17, 15) is 4.79 Å². The van der Waals surface area contributed by atoms with Gasteiger partial charge in [-0.05, 0) is 31.9 Å². The van der Waals surface area contributed by atoms with Gasteiger partial charge in [0.2, 0.25) is 0 Å². The van der Waals surface area contributed by atoms with Gasteiger partial charge in [0.15, 0.2) is 0 Å². The number of carbonyl (C=O) groups excluding carboxylic acids is 1. The van der Waals surface area contributed by atoms with Gasteiger partial charge in [-0.15, -0.1) is 0 Å². The molecule has 1 amide bonds. The van der Waals surface area contributed by atoms with Crippen molar-refractivity contribution in [2.45, 2.75) is 38.6 Å². The monoisotopic (exact) mass is 236 g/mol. The van der Waals surface area contributed by atoms with Gasteiger partial charge in [-0.3, -0.25) is 4.79 Å². The first kappa shape index (κ1) is 12.2. The molecular formula is C13H20N2O2. The van der Waals surface area contributed by atoms with Crippen molar-refractivity contribution in [1.82, 2.24) is 10.6 Å². The van der Waals surface area contributed by atoms with Crippen LogP contribution in [0.3, 0.4) is 0 Å². The lowest BCUT2D eigenvalue weighted by atomic mass is 10.1. The van der Waals surface area contributed by atoms with Crippen LogP contribution in [0.2, 0.25) is 0 Å². The second-order valence-corrected chi connectivity index (χ2v) is 4.45. The third-order valence-corrected chi connectivity index (χ3v) is 3.25. The topological polar surface area (TPSA) is 54.3 Å². The van der Waals surface area contributed by atoms with Gasteiger partial charge in [0.1, 0.15) is 5.76 Å². The van der Waals surface area contributed by atoms with Crippen molar-refractivity contribution >= 4 is 5.91 Å². The molecule has 0 radical (unpaired) electrons. The molecule has 2 rings (SSSR count). The van der Waals surface area contributed by atoms with E-state index < -0.39 is 0 Å². The van der Waals surface area contributed by atoms with E-state index in [1.165, 1.54) is 12.8 Å². The Morgan fingerprint density at radius 2 is 2.53 bits per heavy atom. The molecule has 17 heavy (non-hydrogen) atoms. The summed E-state index contributed by atoms with van der Waals surface area (Å²) in [5, 5.41) is 6.37. The molecule has 1 aromatic rings. The Balaban J connectivity index is 1.77.